The molecule has 2 aromatic rings. The second-order valence-electron chi connectivity index (χ2n) is 7.62. The Bertz CT molecular complexity index is 800. The van der Waals surface area contributed by atoms with Gasteiger partial charge in [-0.3, -0.25) is 0 Å². The number of likely N-dealkylation sites (N-methyl/N-ethyl adjacent to an activating group) is 1. The number of carbonyl (C=O) groups is 1. The van der Waals surface area contributed by atoms with Crippen LogP contribution < -0.4 is 10.2 Å². The van der Waals surface area contributed by atoms with Crippen LogP contribution in [0.25, 0.3) is 0 Å². The summed E-state index contributed by atoms with van der Waals surface area (Å²) in [6.45, 7) is 2.88. The third kappa shape index (κ3) is 5.67. The predicted molar refractivity (Wildman–Crippen MR) is 112 cm³/mol. The highest BCUT2D eigenvalue weighted by atomic mass is 19.1. The molecule has 1 aliphatic rings. The van der Waals surface area contributed by atoms with Gasteiger partial charge < -0.3 is 20.0 Å². The topological polar surface area (TPSA) is 38.8 Å². The van der Waals surface area contributed by atoms with Crippen molar-refractivity contribution in [1.82, 2.24) is 9.80 Å². The van der Waals surface area contributed by atoms with Crippen molar-refractivity contribution in [3.8, 4) is 0 Å². The molecule has 0 unspecified atom stereocenters. The molecule has 0 saturated carbocycles. The highest BCUT2D eigenvalue weighted by Gasteiger charge is 2.22. The smallest absolute Gasteiger partial charge is 0.322 e. The van der Waals surface area contributed by atoms with Crippen LogP contribution in [0.2, 0.25) is 0 Å². The number of anilines is 2. The zero-order chi connectivity index (χ0) is 20.8. The normalized spacial score (nSPS) is 13.8. The lowest BCUT2D eigenvalue weighted by Crippen LogP contribution is -2.39. The number of rotatable bonds is 7. The van der Waals surface area contributed by atoms with Crippen LogP contribution in [0, 0.1) is 11.6 Å². The number of amides is 2. The zero-order valence-electron chi connectivity index (χ0n) is 17.0. The molecule has 1 saturated heterocycles. The second-order valence-corrected chi connectivity index (χ2v) is 7.62. The Morgan fingerprint density at radius 2 is 1.66 bits per heavy atom. The molecule has 0 bridgehead atoms. The standard InChI is InChI=1S/C22H28F2N4O/c1-26(2)12-13-28(16-17-8-4-3-5-9-17)22(29)25-18-14-19(23)21(20(24)15-18)27-10-6-7-11-27/h3-5,8-9,14-15H,6-7,10-13,16H2,1-2H3,(H,25,29). The fraction of sp³-hybridized carbons (Fsp3) is 0.409. The third-order valence-corrected chi connectivity index (χ3v) is 5.01. The Morgan fingerprint density at radius 3 is 2.24 bits per heavy atom. The number of hydrogen-bond donors (Lipinski definition) is 1. The molecule has 1 fully saturated rings. The molecular weight excluding hydrogens is 374 g/mol. The highest BCUT2D eigenvalue weighted by molar-refractivity contribution is 5.89. The molecule has 3 rings (SSSR count). The number of nitrogens with one attached hydrogen (secondary N) is 1. The minimum atomic E-state index is -0.648. The van der Waals surface area contributed by atoms with Crippen molar-refractivity contribution >= 4 is 17.4 Å². The summed E-state index contributed by atoms with van der Waals surface area (Å²) in [7, 11) is 3.86. The Kier molecular flexibility index (Phi) is 7.04. The average Bonchev–Trinajstić information content (AvgIpc) is 3.19. The van der Waals surface area contributed by atoms with Crippen molar-refractivity contribution in [1.29, 1.82) is 0 Å². The van der Waals surface area contributed by atoms with Crippen molar-refractivity contribution in [2.45, 2.75) is 19.4 Å². The van der Waals surface area contributed by atoms with Gasteiger partial charge in [0.05, 0.1) is 0 Å². The monoisotopic (exact) mass is 402 g/mol. The Hall–Kier alpha value is -2.67. The maximum atomic E-state index is 14.6. The van der Waals surface area contributed by atoms with Gasteiger partial charge in [-0.2, -0.15) is 0 Å². The van der Waals surface area contributed by atoms with E-state index >= 15 is 0 Å². The summed E-state index contributed by atoms with van der Waals surface area (Å²) in [5.74, 6) is -1.30. The minimum absolute atomic E-state index is 0.00533. The Labute approximate surface area is 170 Å². The zero-order valence-corrected chi connectivity index (χ0v) is 17.0. The number of urea groups is 1. The van der Waals surface area contributed by atoms with Crippen LogP contribution in [-0.4, -0.2) is 56.1 Å². The van der Waals surface area contributed by atoms with E-state index in [0.29, 0.717) is 32.7 Å². The average molecular weight is 402 g/mol. The molecule has 29 heavy (non-hydrogen) atoms. The van der Waals surface area contributed by atoms with E-state index in [1.54, 1.807) is 9.80 Å². The van der Waals surface area contributed by atoms with Crippen molar-refractivity contribution in [3.05, 3.63) is 59.7 Å². The Balaban J connectivity index is 1.74. The molecule has 1 N–H and O–H groups in total. The summed E-state index contributed by atoms with van der Waals surface area (Å²) in [6, 6.07) is 11.6. The molecule has 0 atom stereocenters. The summed E-state index contributed by atoms with van der Waals surface area (Å²) in [5, 5.41) is 2.66. The van der Waals surface area contributed by atoms with Gasteiger partial charge in [0.1, 0.15) is 5.69 Å². The maximum Gasteiger partial charge on any atom is 0.322 e. The van der Waals surface area contributed by atoms with Crippen LogP contribution in [0.15, 0.2) is 42.5 Å². The first-order valence-corrected chi connectivity index (χ1v) is 9.92. The van der Waals surface area contributed by atoms with Gasteiger partial charge in [-0.05, 0) is 44.6 Å². The van der Waals surface area contributed by atoms with E-state index in [4.69, 9.17) is 0 Å². The van der Waals surface area contributed by atoms with Crippen LogP contribution in [-0.2, 0) is 6.54 Å². The van der Waals surface area contributed by atoms with E-state index in [0.717, 1.165) is 18.4 Å². The van der Waals surface area contributed by atoms with Crippen LogP contribution in [0.1, 0.15) is 18.4 Å². The van der Waals surface area contributed by atoms with E-state index in [-0.39, 0.29) is 17.4 Å². The van der Waals surface area contributed by atoms with Gasteiger partial charge in [0.2, 0.25) is 0 Å². The van der Waals surface area contributed by atoms with Crippen LogP contribution >= 0.6 is 0 Å². The van der Waals surface area contributed by atoms with Crippen molar-refractivity contribution in [3.63, 3.8) is 0 Å². The van der Waals surface area contributed by atoms with E-state index in [1.807, 2.05) is 49.3 Å². The number of carbonyl (C=O) groups excluding carboxylic acids is 1. The van der Waals surface area contributed by atoms with Crippen LogP contribution in [0.3, 0.4) is 0 Å². The van der Waals surface area contributed by atoms with E-state index in [9.17, 15) is 13.6 Å². The largest absolute Gasteiger partial charge is 0.367 e. The summed E-state index contributed by atoms with van der Waals surface area (Å²) in [6.07, 6.45) is 1.86. The van der Waals surface area contributed by atoms with Crippen molar-refractivity contribution in [2.75, 3.05) is 50.5 Å². The number of benzene rings is 2. The summed E-state index contributed by atoms with van der Waals surface area (Å²) in [5.41, 5.74) is 1.10. The summed E-state index contributed by atoms with van der Waals surface area (Å²) < 4.78 is 29.1. The fourth-order valence-corrected chi connectivity index (χ4v) is 3.46. The molecule has 0 radical (unpaired) electrons. The molecule has 0 spiro atoms. The number of hydrogen-bond acceptors (Lipinski definition) is 3. The van der Waals surface area contributed by atoms with Crippen molar-refractivity contribution in [2.24, 2.45) is 0 Å². The molecular formula is C22H28F2N4O. The molecule has 0 aliphatic carbocycles. The lowest BCUT2D eigenvalue weighted by Gasteiger charge is -2.25. The Morgan fingerprint density at radius 1 is 1.03 bits per heavy atom. The molecule has 7 heteroatoms. The maximum absolute atomic E-state index is 14.6. The molecule has 1 aliphatic heterocycles. The molecule has 5 nitrogen and oxygen atoms in total. The number of nitrogens with zero attached hydrogens (tertiary/aromatic N) is 3. The van der Waals surface area contributed by atoms with Gasteiger partial charge in [-0.1, -0.05) is 30.3 Å². The van der Waals surface area contributed by atoms with E-state index < -0.39 is 11.6 Å². The molecule has 0 aromatic heterocycles. The summed E-state index contributed by atoms with van der Waals surface area (Å²) >= 11 is 0. The van der Waals surface area contributed by atoms with Gasteiger partial charge >= 0.3 is 6.03 Å². The lowest BCUT2D eigenvalue weighted by molar-refractivity contribution is 0.202. The van der Waals surface area contributed by atoms with Gasteiger partial charge in [0.25, 0.3) is 0 Å². The van der Waals surface area contributed by atoms with Gasteiger partial charge in [-0.25, -0.2) is 13.6 Å². The van der Waals surface area contributed by atoms with Crippen LogP contribution in [0.5, 0.6) is 0 Å². The van der Waals surface area contributed by atoms with E-state index in [2.05, 4.69) is 5.32 Å². The molecule has 156 valence electrons. The quantitative estimate of drug-likeness (QED) is 0.756. The second kappa shape index (κ2) is 9.69. The third-order valence-electron chi connectivity index (χ3n) is 5.01. The lowest BCUT2D eigenvalue weighted by atomic mass is 10.2. The minimum Gasteiger partial charge on any atom is -0.367 e. The molecule has 2 amide bonds. The van der Waals surface area contributed by atoms with E-state index in [1.165, 1.54) is 12.1 Å². The fourth-order valence-electron chi connectivity index (χ4n) is 3.46. The first kappa shape index (κ1) is 21.0. The van der Waals surface area contributed by atoms with Crippen LogP contribution in [0.4, 0.5) is 25.0 Å². The molecule has 2 aromatic carbocycles. The van der Waals surface area contributed by atoms with Gasteiger partial charge in [0.15, 0.2) is 11.6 Å². The number of halogens is 2. The molecule has 1 heterocycles. The van der Waals surface area contributed by atoms with Crippen molar-refractivity contribution < 1.29 is 13.6 Å². The summed E-state index contributed by atoms with van der Waals surface area (Å²) in [4.78, 5) is 18.2. The highest BCUT2D eigenvalue weighted by Crippen LogP contribution is 2.29. The first-order valence-electron chi connectivity index (χ1n) is 9.92. The predicted octanol–water partition coefficient (Wildman–Crippen LogP) is 4.16. The first-order chi connectivity index (χ1) is 13.9. The SMILES string of the molecule is CN(C)CCN(Cc1ccccc1)C(=O)Nc1cc(F)c(N2CCCC2)c(F)c1. The van der Waals surface area contributed by atoms with Gasteiger partial charge in [0, 0.05) is 38.4 Å². The van der Waals surface area contributed by atoms with Gasteiger partial charge in [-0.15, -0.1) is 0 Å².